The van der Waals surface area contributed by atoms with Crippen molar-refractivity contribution in [1.82, 2.24) is 29.6 Å². The summed E-state index contributed by atoms with van der Waals surface area (Å²) >= 11 is 0. The molecular formula is C13H18N6O2. The van der Waals surface area contributed by atoms with Gasteiger partial charge >= 0.3 is 5.69 Å². The minimum atomic E-state index is -0.453. The molecule has 112 valence electrons. The van der Waals surface area contributed by atoms with Crippen LogP contribution in [0.2, 0.25) is 0 Å². The quantitative estimate of drug-likeness (QED) is 0.854. The highest BCUT2D eigenvalue weighted by Gasteiger charge is 2.17. The summed E-state index contributed by atoms with van der Waals surface area (Å²) in [7, 11) is 0. The summed E-state index contributed by atoms with van der Waals surface area (Å²) in [5, 5.41) is 10.7. The first kappa shape index (κ1) is 14.9. The molecule has 0 bridgehead atoms. The molecule has 0 aliphatic rings. The van der Waals surface area contributed by atoms with Gasteiger partial charge in [-0.05, 0) is 26.8 Å². The number of hydrogen-bond acceptors (Lipinski definition) is 5. The second kappa shape index (κ2) is 6.29. The smallest absolute Gasteiger partial charge is 0.345 e. The predicted octanol–water partition coefficient (Wildman–Crippen LogP) is 0.293. The van der Waals surface area contributed by atoms with Crippen molar-refractivity contribution in [2.24, 2.45) is 0 Å². The van der Waals surface area contributed by atoms with Gasteiger partial charge in [0.25, 0.3) is 0 Å². The van der Waals surface area contributed by atoms with E-state index >= 15 is 0 Å². The average Bonchev–Trinajstić information content (AvgIpc) is 2.91. The molecule has 0 saturated heterocycles. The summed E-state index contributed by atoms with van der Waals surface area (Å²) in [5.41, 5.74) is -0.453. The highest BCUT2D eigenvalue weighted by Crippen LogP contribution is 2.13. The maximum Gasteiger partial charge on any atom is 0.347 e. The SMILES string of the molecule is CC(NC(=O)Cn1cccnc1=O)c1nncn1C(C)C. The van der Waals surface area contributed by atoms with E-state index in [0.29, 0.717) is 5.82 Å². The van der Waals surface area contributed by atoms with Gasteiger partial charge in [-0.15, -0.1) is 10.2 Å². The summed E-state index contributed by atoms with van der Waals surface area (Å²) in [6, 6.07) is 1.51. The van der Waals surface area contributed by atoms with Gasteiger partial charge in [0.1, 0.15) is 12.9 Å². The normalized spacial score (nSPS) is 12.4. The van der Waals surface area contributed by atoms with E-state index < -0.39 is 5.69 Å². The van der Waals surface area contributed by atoms with Gasteiger partial charge < -0.3 is 9.88 Å². The highest BCUT2D eigenvalue weighted by atomic mass is 16.2. The van der Waals surface area contributed by atoms with Crippen molar-refractivity contribution in [1.29, 1.82) is 0 Å². The third-order valence-corrected chi connectivity index (χ3v) is 3.02. The van der Waals surface area contributed by atoms with Crippen molar-refractivity contribution in [2.45, 2.75) is 39.4 Å². The second-order valence-corrected chi connectivity index (χ2v) is 5.01. The third kappa shape index (κ3) is 3.53. The Kier molecular flexibility index (Phi) is 4.46. The average molecular weight is 290 g/mol. The first-order valence-corrected chi connectivity index (χ1v) is 6.69. The van der Waals surface area contributed by atoms with E-state index in [1.54, 1.807) is 12.4 Å². The molecule has 0 radical (unpaired) electrons. The van der Waals surface area contributed by atoms with Crippen LogP contribution in [0.25, 0.3) is 0 Å². The maximum absolute atomic E-state index is 12.0. The number of amides is 1. The first-order valence-electron chi connectivity index (χ1n) is 6.69. The summed E-state index contributed by atoms with van der Waals surface area (Å²) in [5.74, 6) is 0.396. The van der Waals surface area contributed by atoms with E-state index in [1.807, 2.05) is 25.3 Å². The van der Waals surface area contributed by atoms with Crippen molar-refractivity contribution in [2.75, 3.05) is 0 Å². The van der Waals surface area contributed by atoms with Gasteiger partial charge in [-0.25, -0.2) is 9.78 Å². The predicted molar refractivity (Wildman–Crippen MR) is 75.5 cm³/mol. The van der Waals surface area contributed by atoms with E-state index in [-0.39, 0.29) is 24.5 Å². The number of nitrogens with zero attached hydrogens (tertiary/aromatic N) is 5. The van der Waals surface area contributed by atoms with Crippen LogP contribution >= 0.6 is 0 Å². The van der Waals surface area contributed by atoms with Gasteiger partial charge in [-0.2, -0.15) is 0 Å². The Hall–Kier alpha value is -2.51. The molecule has 1 N–H and O–H groups in total. The van der Waals surface area contributed by atoms with E-state index in [2.05, 4.69) is 20.5 Å². The van der Waals surface area contributed by atoms with Crippen LogP contribution in [0.4, 0.5) is 0 Å². The molecule has 1 atom stereocenters. The van der Waals surface area contributed by atoms with Crippen LogP contribution in [0.3, 0.4) is 0 Å². The van der Waals surface area contributed by atoms with Crippen molar-refractivity contribution in [3.63, 3.8) is 0 Å². The Morgan fingerprint density at radius 3 is 2.81 bits per heavy atom. The van der Waals surface area contributed by atoms with Gasteiger partial charge in [0.15, 0.2) is 5.82 Å². The zero-order valence-corrected chi connectivity index (χ0v) is 12.2. The van der Waals surface area contributed by atoms with Crippen LogP contribution in [-0.2, 0) is 11.3 Å². The molecule has 2 heterocycles. The second-order valence-electron chi connectivity index (χ2n) is 5.01. The van der Waals surface area contributed by atoms with Gasteiger partial charge in [-0.1, -0.05) is 0 Å². The molecular weight excluding hydrogens is 272 g/mol. The Morgan fingerprint density at radius 1 is 1.38 bits per heavy atom. The van der Waals surface area contributed by atoms with Crippen LogP contribution in [0.1, 0.15) is 38.7 Å². The molecule has 8 nitrogen and oxygen atoms in total. The van der Waals surface area contributed by atoms with Gasteiger partial charge in [0.05, 0.1) is 6.04 Å². The molecule has 0 aromatic carbocycles. The number of hydrogen-bond donors (Lipinski definition) is 1. The van der Waals surface area contributed by atoms with E-state index in [0.717, 1.165) is 0 Å². The zero-order valence-electron chi connectivity index (χ0n) is 12.2. The van der Waals surface area contributed by atoms with Crippen LogP contribution in [0.15, 0.2) is 29.6 Å². The molecule has 0 fully saturated rings. The third-order valence-electron chi connectivity index (χ3n) is 3.02. The summed E-state index contributed by atoms with van der Waals surface area (Å²) < 4.78 is 3.14. The van der Waals surface area contributed by atoms with Gasteiger partial charge in [0, 0.05) is 18.4 Å². The summed E-state index contributed by atoms with van der Waals surface area (Å²) in [6.45, 7) is 5.77. The maximum atomic E-state index is 12.0. The minimum absolute atomic E-state index is 0.0766. The topological polar surface area (TPSA) is 94.7 Å². The molecule has 1 amide bonds. The number of aromatic nitrogens is 5. The van der Waals surface area contributed by atoms with E-state index in [9.17, 15) is 9.59 Å². The molecule has 2 rings (SSSR count). The lowest BCUT2D eigenvalue weighted by Crippen LogP contribution is -2.35. The standard InChI is InChI=1S/C13H18N6O2/c1-9(2)19-8-15-17-12(19)10(3)16-11(20)7-18-6-4-5-14-13(18)21/h4-6,8-10H,7H2,1-3H3,(H,16,20). The Bertz CT molecular complexity index is 675. The van der Waals surface area contributed by atoms with Gasteiger partial charge in [0.2, 0.25) is 5.91 Å². The highest BCUT2D eigenvalue weighted by molar-refractivity contribution is 5.76. The van der Waals surface area contributed by atoms with Crippen molar-refractivity contribution in [3.05, 3.63) is 41.1 Å². The minimum Gasteiger partial charge on any atom is -0.345 e. The lowest BCUT2D eigenvalue weighted by molar-refractivity contribution is -0.122. The number of rotatable bonds is 5. The fourth-order valence-corrected chi connectivity index (χ4v) is 1.97. The number of carbonyl (C=O) groups excluding carboxylic acids is 1. The van der Waals surface area contributed by atoms with Crippen molar-refractivity contribution in [3.8, 4) is 0 Å². The molecule has 21 heavy (non-hydrogen) atoms. The van der Waals surface area contributed by atoms with Crippen molar-refractivity contribution >= 4 is 5.91 Å². The molecule has 0 saturated carbocycles. The lowest BCUT2D eigenvalue weighted by Gasteiger charge is -2.17. The molecule has 0 aliphatic carbocycles. The molecule has 2 aromatic heterocycles. The van der Waals surface area contributed by atoms with Crippen LogP contribution < -0.4 is 11.0 Å². The number of carbonyl (C=O) groups is 1. The molecule has 2 aromatic rings. The van der Waals surface area contributed by atoms with Crippen LogP contribution in [0, 0.1) is 0 Å². The monoisotopic (exact) mass is 290 g/mol. The Morgan fingerprint density at radius 2 is 2.14 bits per heavy atom. The zero-order chi connectivity index (χ0) is 15.4. The summed E-state index contributed by atoms with van der Waals surface area (Å²) in [6.07, 6.45) is 4.55. The Labute approximate surface area is 121 Å². The van der Waals surface area contributed by atoms with Crippen molar-refractivity contribution < 1.29 is 4.79 Å². The molecule has 0 aliphatic heterocycles. The van der Waals surface area contributed by atoms with E-state index in [1.165, 1.54) is 17.0 Å². The lowest BCUT2D eigenvalue weighted by atomic mass is 10.3. The molecule has 1 unspecified atom stereocenters. The first-order chi connectivity index (χ1) is 9.99. The fraction of sp³-hybridized carbons (Fsp3) is 0.462. The molecule has 0 spiro atoms. The van der Waals surface area contributed by atoms with E-state index in [4.69, 9.17) is 0 Å². The Balaban J connectivity index is 2.04. The van der Waals surface area contributed by atoms with Crippen LogP contribution in [0.5, 0.6) is 0 Å². The summed E-state index contributed by atoms with van der Waals surface area (Å²) in [4.78, 5) is 27.1. The molecule has 8 heteroatoms. The largest absolute Gasteiger partial charge is 0.347 e. The number of nitrogens with one attached hydrogen (secondary N) is 1. The fourth-order valence-electron chi connectivity index (χ4n) is 1.97. The van der Waals surface area contributed by atoms with Gasteiger partial charge in [-0.3, -0.25) is 9.36 Å². The van der Waals surface area contributed by atoms with Crippen LogP contribution in [-0.4, -0.2) is 30.2 Å².